The van der Waals surface area contributed by atoms with E-state index < -0.39 is 0 Å². The lowest BCUT2D eigenvalue weighted by atomic mass is 9.90. The Bertz CT molecular complexity index is 892. The number of benzene rings is 3. The fraction of sp³-hybridized carbons (Fsp3) is 0.130. The van der Waals surface area contributed by atoms with Gasteiger partial charge in [-0.15, -0.1) is 0 Å². The highest BCUT2D eigenvalue weighted by Gasteiger charge is 2.23. The average Bonchev–Trinajstić information content (AvgIpc) is 2.70. The van der Waals surface area contributed by atoms with Gasteiger partial charge in [0.15, 0.2) is 0 Å². The molecule has 1 amide bonds. The second-order valence-corrected chi connectivity index (χ2v) is 7.01. The van der Waals surface area contributed by atoms with Gasteiger partial charge in [0, 0.05) is 14.1 Å². The SMILES string of the molecule is CN(C)C(=O)C(c1ccccc1)c1ccccc1.N#Cc1c(Cl)cccc1Cl. The van der Waals surface area contributed by atoms with E-state index in [2.05, 4.69) is 0 Å². The lowest BCUT2D eigenvalue weighted by Gasteiger charge is -2.21. The van der Waals surface area contributed by atoms with Crippen LogP contribution in [0.4, 0.5) is 0 Å². The Morgan fingerprint density at radius 1 is 0.821 bits per heavy atom. The second kappa shape index (κ2) is 10.5. The van der Waals surface area contributed by atoms with Crippen LogP contribution in [0, 0.1) is 11.3 Å². The minimum Gasteiger partial charge on any atom is -0.348 e. The molecule has 0 aromatic heterocycles. The molecule has 0 aliphatic heterocycles. The molecule has 3 aromatic rings. The van der Waals surface area contributed by atoms with Gasteiger partial charge in [-0.2, -0.15) is 5.26 Å². The number of amides is 1. The number of halogens is 2. The van der Waals surface area contributed by atoms with Gasteiger partial charge in [-0.1, -0.05) is 89.9 Å². The predicted molar refractivity (Wildman–Crippen MR) is 115 cm³/mol. The average molecular weight is 411 g/mol. The van der Waals surface area contributed by atoms with Crippen LogP contribution in [-0.4, -0.2) is 24.9 Å². The number of carbonyl (C=O) groups is 1. The van der Waals surface area contributed by atoms with Crippen molar-refractivity contribution in [2.75, 3.05) is 14.1 Å². The smallest absolute Gasteiger partial charge is 0.234 e. The minimum atomic E-state index is -0.220. The van der Waals surface area contributed by atoms with Crippen molar-refractivity contribution in [3.63, 3.8) is 0 Å². The summed E-state index contributed by atoms with van der Waals surface area (Å²) in [6, 6.07) is 26.7. The van der Waals surface area contributed by atoms with Gasteiger partial charge in [0.2, 0.25) is 5.91 Å². The molecule has 5 heteroatoms. The molecule has 0 N–H and O–H groups in total. The van der Waals surface area contributed by atoms with E-state index >= 15 is 0 Å². The lowest BCUT2D eigenvalue weighted by molar-refractivity contribution is -0.129. The van der Waals surface area contributed by atoms with E-state index in [-0.39, 0.29) is 11.8 Å². The predicted octanol–water partition coefficient (Wildman–Crippen LogP) is 5.77. The van der Waals surface area contributed by atoms with Crippen LogP contribution in [-0.2, 0) is 4.79 Å². The number of hydrogen-bond donors (Lipinski definition) is 0. The molecule has 3 nitrogen and oxygen atoms in total. The molecule has 0 bridgehead atoms. The molecule has 0 aliphatic carbocycles. The number of rotatable bonds is 3. The highest BCUT2D eigenvalue weighted by atomic mass is 35.5. The van der Waals surface area contributed by atoms with E-state index in [9.17, 15) is 4.79 Å². The maximum absolute atomic E-state index is 12.4. The Morgan fingerprint density at radius 3 is 1.57 bits per heavy atom. The summed E-state index contributed by atoms with van der Waals surface area (Å²) in [6.45, 7) is 0. The zero-order valence-electron chi connectivity index (χ0n) is 15.6. The Balaban J connectivity index is 0.000000237. The molecule has 28 heavy (non-hydrogen) atoms. The quantitative estimate of drug-likeness (QED) is 0.549. The Morgan fingerprint density at radius 2 is 1.25 bits per heavy atom. The largest absolute Gasteiger partial charge is 0.348 e. The number of carbonyl (C=O) groups excluding carboxylic acids is 1. The van der Waals surface area contributed by atoms with Gasteiger partial charge in [0.25, 0.3) is 0 Å². The van der Waals surface area contributed by atoms with Gasteiger partial charge in [-0.3, -0.25) is 4.79 Å². The first-order chi connectivity index (χ1) is 13.5. The van der Waals surface area contributed by atoms with Crippen molar-refractivity contribution in [2.24, 2.45) is 0 Å². The van der Waals surface area contributed by atoms with E-state index in [0.717, 1.165) is 11.1 Å². The van der Waals surface area contributed by atoms with E-state index in [4.69, 9.17) is 28.5 Å². The van der Waals surface area contributed by atoms with Crippen LogP contribution in [0.1, 0.15) is 22.6 Å². The third kappa shape index (κ3) is 5.60. The van der Waals surface area contributed by atoms with Gasteiger partial charge in [-0.05, 0) is 23.3 Å². The minimum absolute atomic E-state index is 0.104. The maximum atomic E-state index is 12.4. The van der Waals surface area contributed by atoms with Crippen molar-refractivity contribution in [1.29, 1.82) is 5.26 Å². The fourth-order valence-corrected chi connectivity index (χ4v) is 3.11. The molecule has 0 saturated heterocycles. The highest BCUT2D eigenvalue weighted by molar-refractivity contribution is 6.36. The Kier molecular flexibility index (Phi) is 8.07. The lowest BCUT2D eigenvalue weighted by Crippen LogP contribution is -2.28. The van der Waals surface area contributed by atoms with Crippen LogP contribution in [0.5, 0.6) is 0 Å². The van der Waals surface area contributed by atoms with Crippen LogP contribution in [0.3, 0.4) is 0 Å². The number of nitrogens with zero attached hydrogens (tertiary/aromatic N) is 2. The molecule has 0 unspecified atom stereocenters. The summed E-state index contributed by atoms with van der Waals surface area (Å²) in [7, 11) is 3.59. The molecular weight excluding hydrogens is 391 g/mol. The molecule has 0 heterocycles. The summed E-state index contributed by atoms with van der Waals surface area (Å²) < 4.78 is 0. The first-order valence-electron chi connectivity index (χ1n) is 8.61. The van der Waals surface area contributed by atoms with E-state index in [1.165, 1.54) is 0 Å². The number of likely N-dealkylation sites (N-methyl/N-ethyl adjacent to an activating group) is 1. The first kappa shape index (κ1) is 21.5. The molecule has 0 spiro atoms. The fourth-order valence-electron chi connectivity index (χ4n) is 2.63. The van der Waals surface area contributed by atoms with Crippen molar-refractivity contribution < 1.29 is 4.79 Å². The van der Waals surface area contributed by atoms with Crippen LogP contribution >= 0.6 is 23.2 Å². The molecule has 3 aromatic carbocycles. The van der Waals surface area contributed by atoms with Gasteiger partial charge >= 0.3 is 0 Å². The number of hydrogen-bond acceptors (Lipinski definition) is 2. The summed E-state index contributed by atoms with van der Waals surface area (Å²) >= 11 is 11.2. The van der Waals surface area contributed by atoms with Gasteiger partial charge in [0.05, 0.1) is 21.5 Å². The normalized spacial score (nSPS) is 9.86. The summed E-state index contributed by atoms with van der Waals surface area (Å²) in [4.78, 5) is 14.0. The maximum Gasteiger partial charge on any atom is 0.234 e. The molecule has 0 atom stereocenters. The van der Waals surface area contributed by atoms with Crippen LogP contribution in [0.2, 0.25) is 10.0 Å². The van der Waals surface area contributed by atoms with Crippen LogP contribution in [0.15, 0.2) is 78.9 Å². The summed E-state index contributed by atoms with van der Waals surface area (Å²) in [6.07, 6.45) is 0. The summed E-state index contributed by atoms with van der Waals surface area (Å²) in [5.74, 6) is -0.116. The summed E-state index contributed by atoms with van der Waals surface area (Å²) in [5, 5.41) is 9.28. The van der Waals surface area contributed by atoms with Gasteiger partial charge in [0.1, 0.15) is 6.07 Å². The standard InChI is InChI=1S/C16H17NO.C7H3Cl2N/c1-17(2)16(18)15(13-9-5-3-6-10-13)14-11-7-4-8-12-14;8-6-2-1-3-7(9)5(6)4-10/h3-12,15H,1-2H3;1-3H. The van der Waals surface area contributed by atoms with Gasteiger partial charge in [-0.25, -0.2) is 0 Å². The third-order valence-corrected chi connectivity index (χ3v) is 4.66. The molecule has 3 rings (SSSR count). The van der Waals surface area contributed by atoms with E-state index in [1.807, 2.05) is 66.7 Å². The van der Waals surface area contributed by atoms with Crippen molar-refractivity contribution >= 4 is 29.1 Å². The molecule has 0 saturated carbocycles. The zero-order valence-corrected chi connectivity index (χ0v) is 17.2. The second-order valence-electron chi connectivity index (χ2n) is 6.20. The Labute approximate surface area is 175 Å². The van der Waals surface area contributed by atoms with Crippen molar-refractivity contribution in [1.82, 2.24) is 4.90 Å². The molecule has 0 aliphatic rings. The Hall–Kier alpha value is -2.80. The first-order valence-corrected chi connectivity index (χ1v) is 9.36. The van der Waals surface area contributed by atoms with Crippen molar-refractivity contribution in [3.05, 3.63) is 106 Å². The molecule has 0 fully saturated rings. The van der Waals surface area contributed by atoms with Crippen LogP contribution < -0.4 is 0 Å². The van der Waals surface area contributed by atoms with Gasteiger partial charge < -0.3 is 4.90 Å². The van der Waals surface area contributed by atoms with Crippen molar-refractivity contribution in [2.45, 2.75) is 5.92 Å². The monoisotopic (exact) mass is 410 g/mol. The zero-order chi connectivity index (χ0) is 20.5. The topological polar surface area (TPSA) is 44.1 Å². The van der Waals surface area contributed by atoms with E-state index in [0.29, 0.717) is 15.6 Å². The summed E-state index contributed by atoms with van der Waals surface area (Å²) in [5.41, 5.74) is 2.40. The molecule has 142 valence electrons. The highest BCUT2D eigenvalue weighted by Crippen LogP contribution is 2.26. The number of nitriles is 1. The molecule has 0 radical (unpaired) electrons. The third-order valence-electron chi connectivity index (χ3n) is 4.03. The van der Waals surface area contributed by atoms with Crippen LogP contribution in [0.25, 0.3) is 0 Å². The molecular formula is C23H20Cl2N2O. The van der Waals surface area contributed by atoms with Crippen molar-refractivity contribution in [3.8, 4) is 6.07 Å². The van der Waals surface area contributed by atoms with E-state index in [1.54, 1.807) is 37.2 Å².